The van der Waals surface area contributed by atoms with Gasteiger partial charge < -0.3 is 9.80 Å². The predicted molar refractivity (Wildman–Crippen MR) is 244 cm³/mol. The lowest BCUT2D eigenvalue weighted by atomic mass is 9.84. The van der Waals surface area contributed by atoms with Crippen LogP contribution in [0.3, 0.4) is 0 Å². The third-order valence-electron chi connectivity index (χ3n) is 10.9. The molecule has 7 aromatic carbocycles. The Morgan fingerprint density at radius 2 is 0.719 bits per heavy atom. The van der Waals surface area contributed by atoms with Gasteiger partial charge in [-0.2, -0.15) is 0 Å². The second-order valence-corrected chi connectivity index (χ2v) is 14.8. The second-order valence-electron chi connectivity index (χ2n) is 14.8. The maximum absolute atomic E-state index is 2.43. The van der Waals surface area contributed by atoms with Crippen LogP contribution in [0.4, 0.5) is 34.1 Å². The summed E-state index contributed by atoms with van der Waals surface area (Å²) in [7, 11) is 0. The molecular weight excluding hydrogens is 689 g/mol. The molecule has 0 radical (unpaired) electrons. The molecule has 2 atom stereocenters. The minimum Gasteiger partial charge on any atom is -0.311 e. The van der Waals surface area contributed by atoms with Gasteiger partial charge in [0.2, 0.25) is 0 Å². The number of aryl methyl sites for hydroxylation is 1. The molecule has 0 spiro atoms. The summed E-state index contributed by atoms with van der Waals surface area (Å²) in [6.45, 7) is 6.76. The molecule has 0 heterocycles. The number of benzene rings is 7. The monoisotopic (exact) mass is 736 g/mol. The van der Waals surface area contributed by atoms with Gasteiger partial charge in [-0.25, -0.2) is 0 Å². The molecule has 0 saturated carbocycles. The van der Waals surface area contributed by atoms with Crippen LogP contribution in [-0.2, 0) is 0 Å². The Bertz CT molecular complexity index is 2290. The molecule has 0 fully saturated rings. The SMILES string of the molecule is Cc1ccc(C(=CC=C(c2ccc(N(c3ccccc3)c3ccccc3)cc2)c2ccc(N(c3ccccc3)c3ccccc3)cc2)C2=CC(C)C(C)C=C2)cc1. The fraction of sp³-hybridized carbons (Fsp3) is 0.0909. The largest absolute Gasteiger partial charge is 0.311 e. The van der Waals surface area contributed by atoms with E-state index < -0.39 is 0 Å². The summed E-state index contributed by atoms with van der Waals surface area (Å²) in [5.74, 6) is 0.963. The van der Waals surface area contributed by atoms with Gasteiger partial charge in [-0.05, 0) is 125 Å². The van der Waals surface area contributed by atoms with Crippen molar-refractivity contribution in [3.8, 4) is 0 Å². The molecule has 0 aromatic heterocycles. The second kappa shape index (κ2) is 17.3. The molecular formula is C55H48N2. The first-order valence-electron chi connectivity index (χ1n) is 19.9. The van der Waals surface area contributed by atoms with Crippen molar-refractivity contribution < 1.29 is 0 Å². The van der Waals surface area contributed by atoms with E-state index in [0.29, 0.717) is 11.8 Å². The quantitative estimate of drug-likeness (QED) is 0.122. The number of allylic oxidation sites excluding steroid dienone is 7. The van der Waals surface area contributed by atoms with Gasteiger partial charge >= 0.3 is 0 Å². The fourth-order valence-corrected chi connectivity index (χ4v) is 7.50. The van der Waals surface area contributed by atoms with Crippen molar-refractivity contribution in [1.82, 2.24) is 0 Å². The van der Waals surface area contributed by atoms with Crippen molar-refractivity contribution in [2.24, 2.45) is 11.8 Å². The molecule has 0 aliphatic heterocycles. The van der Waals surface area contributed by atoms with E-state index in [0.717, 1.165) is 50.8 Å². The molecule has 2 unspecified atom stereocenters. The Balaban J connectivity index is 1.25. The van der Waals surface area contributed by atoms with E-state index >= 15 is 0 Å². The van der Waals surface area contributed by atoms with Crippen LogP contribution < -0.4 is 9.80 Å². The zero-order chi connectivity index (χ0) is 39.0. The minimum absolute atomic E-state index is 0.455. The molecule has 0 bridgehead atoms. The Kier molecular flexibility index (Phi) is 11.2. The van der Waals surface area contributed by atoms with E-state index in [1.807, 2.05) is 0 Å². The smallest absolute Gasteiger partial charge is 0.0462 e. The zero-order valence-corrected chi connectivity index (χ0v) is 32.9. The molecule has 7 aromatic rings. The van der Waals surface area contributed by atoms with Crippen molar-refractivity contribution in [3.05, 3.63) is 252 Å². The normalized spacial score (nSPS) is 15.1. The summed E-state index contributed by atoms with van der Waals surface area (Å²) in [6.07, 6.45) is 11.7. The van der Waals surface area contributed by atoms with Crippen LogP contribution in [0.1, 0.15) is 36.1 Å². The lowest BCUT2D eigenvalue weighted by Crippen LogP contribution is -2.10. The topological polar surface area (TPSA) is 6.48 Å². The Hall–Kier alpha value is -6.90. The molecule has 0 N–H and O–H groups in total. The summed E-state index contributed by atoms with van der Waals surface area (Å²) in [6, 6.07) is 69.2. The zero-order valence-electron chi connectivity index (χ0n) is 32.9. The van der Waals surface area contributed by atoms with Crippen LogP contribution in [0.25, 0.3) is 11.1 Å². The van der Waals surface area contributed by atoms with Crippen molar-refractivity contribution in [2.75, 3.05) is 9.80 Å². The van der Waals surface area contributed by atoms with E-state index in [4.69, 9.17) is 0 Å². The molecule has 57 heavy (non-hydrogen) atoms. The van der Waals surface area contributed by atoms with Crippen LogP contribution in [0.2, 0.25) is 0 Å². The van der Waals surface area contributed by atoms with Crippen LogP contribution >= 0.6 is 0 Å². The Labute approximate surface area is 338 Å². The van der Waals surface area contributed by atoms with Gasteiger partial charge in [0.1, 0.15) is 0 Å². The predicted octanol–water partition coefficient (Wildman–Crippen LogP) is 15.2. The standard InChI is InChI=1S/C55H48N2/c1-41-24-27-44(28-25-41)55(47-29-26-42(2)43(3)40-47)39-38-54(45-30-34-52(35-31-45)56(48-16-8-4-9-17-48)49-18-10-5-11-19-49)46-32-36-53(37-33-46)57(50-20-12-6-13-21-50)51-22-14-7-15-23-51/h4-40,42-43H,1-3H3. The molecule has 1 aliphatic carbocycles. The summed E-state index contributed by atoms with van der Waals surface area (Å²) < 4.78 is 0. The van der Waals surface area contributed by atoms with Crippen LogP contribution in [0, 0.1) is 18.8 Å². The Morgan fingerprint density at radius 1 is 0.386 bits per heavy atom. The summed E-state index contributed by atoms with van der Waals surface area (Å²) in [5.41, 5.74) is 15.0. The van der Waals surface area contributed by atoms with E-state index in [2.05, 4.69) is 255 Å². The van der Waals surface area contributed by atoms with Gasteiger partial charge in [-0.3, -0.25) is 0 Å². The minimum atomic E-state index is 0.455. The number of anilines is 6. The van der Waals surface area contributed by atoms with Crippen LogP contribution in [-0.4, -0.2) is 0 Å². The lowest BCUT2D eigenvalue weighted by Gasteiger charge is -2.26. The number of rotatable bonds is 11. The molecule has 2 nitrogen and oxygen atoms in total. The first-order chi connectivity index (χ1) is 28.0. The third-order valence-corrected chi connectivity index (χ3v) is 10.9. The molecule has 8 rings (SSSR count). The average Bonchev–Trinajstić information content (AvgIpc) is 3.26. The van der Waals surface area contributed by atoms with Crippen molar-refractivity contribution in [3.63, 3.8) is 0 Å². The Morgan fingerprint density at radius 3 is 1.11 bits per heavy atom. The number of hydrogen-bond acceptors (Lipinski definition) is 2. The van der Waals surface area contributed by atoms with Crippen molar-refractivity contribution in [2.45, 2.75) is 20.8 Å². The third kappa shape index (κ3) is 8.52. The van der Waals surface area contributed by atoms with Gasteiger partial charge in [0, 0.05) is 34.1 Å². The van der Waals surface area contributed by atoms with E-state index in [1.165, 1.54) is 22.3 Å². The van der Waals surface area contributed by atoms with E-state index in [9.17, 15) is 0 Å². The van der Waals surface area contributed by atoms with E-state index in [1.54, 1.807) is 0 Å². The van der Waals surface area contributed by atoms with E-state index in [-0.39, 0.29) is 0 Å². The number of para-hydroxylation sites is 4. The molecule has 1 aliphatic rings. The highest BCUT2D eigenvalue weighted by Gasteiger charge is 2.18. The van der Waals surface area contributed by atoms with Crippen molar-refractivity contribution >= 4 is 45.3 Å². The first kappa shape index (κ1) is 37.0. The lowest BCUT2D eigenvalue weighted by molar-refractivity contribution is 0.550. The molecule has 0 saturated heterocycles. The van der Waals surface area contributed by atoms with Gasteiger partial charge in [-0.1, -0.05) is 171 Å². The van der Waals surface area contributed by atoms with Crippen LogP contribution in [0.5, 0.6) is 0 Å². The number of hydrogen-bond donors (Lipinski definition) is 0. The summed E-state index contributed by atoms with van der Waals surface area (Å²) in [4.78, 5) is 4.62. The highest BCUT2D eigenvalue weighted by atomic mass is 15.1. The van der Waals surface area contributed by atoms with Gasteiger partial charge in [-0.15, -0.1) is 0 Å². The summed E-state index contributed by atoms with van der Waals surface area (Å²) >= 11 is 0. The van der Waals surface area contributed by atoms with Gasteiger partial charge in [0.25, 0.3) is 0 Å². The van der Waals surface area contributed by atoms with Gasteiger partial charge in [0.05, 0.1) is 0 Å². The fourth-order valence-electron chi connectivity index (χ4n) is 7.50. The maximum atomic E-state index is 2.43. The van der Waals surface area contributed by atoms with Crippen molar-refractivity contribution in [1.29, 1.82) is 0 Å². The first-order valence-corrected chi connectivity index (χ1v) is 19.9. The average molecular weight is 737 g/mol. The van der Waals surface area contributed by atoms with Gasteiger partial charge in [0.15, 0.2) is 0 Å². The van der Waals surface area contributed by atoms with Crippen LogP contribution in [0.15, 0.2) is 230 Å². The highest BCUT2D eigenvalue weighted by Crippen LogP contribution is 2.39. The highest BCUT2D eigenvalue weighted by molar-refractivity contribution is 5.89. The molecule has 2 heteroatoms. The summed E-state index contributed by atoms with van der Waals surface area (Å²) in [5, 5.41) is 0. The number of nitrogens with zero attached hydrogens (tertiary/aromatic N) is 2. The molecule has 278 valence electrons. The molecule has 0 amide bonds. The maximum Gasteiger partial charge on any atom is 0.0462 e.